The Labute approximate surface area is 224 Å². The summed E-state index contributed by atoms with van der Waals surface area (Å²) in [7, 11) is 0. The number of amidine groups is 1. The summed E-state index contributed by atoms with van der Waals surface area (Å²) in [6, 6.07) is 51.0. The highest BCUT2D eigenvalue weighted by Gasteiger charge is 2.41. The molecule has 0 saturated heterocycles. The molecule has 0 radical (unpaired) electrons. The summed E-state index contributed by atoms with van der Waals surface area (Å²) in [5.74, 6) is 0.895. The van der Waals surface area contributed by atoms with Crippen molar-refractivity contribution in [1.82, 2.24) is 0 Å². The van der Waals surface area contributed by atoms with Crippen molar-refractivity contribution in [1.29, 1.82) is 0 Å². The average Bonchev–Trinajstić information content (AvgIpc) is 2.97. The van der Waals surface area contributed by atoms with Crippen molar-refractivity contribution < 1.29 is 0 Å². The van der Waals surface area contributed by atoms with E-state index in [1.807, 2.05) is 17.8 Å². The summed E-state index contributed by atoms with van der Waals surface area (Å²) >= 11 is 1.81. The summed E-state index contributed by atoms with van der Waals surface area (Å²) in [5, 5.41) is 3.76. The topological polar surface area (TPSA) is 24.4 Å². The number of thioether (sulfide) groups is 1. The highest BCUT2D eigenvalue weighted by atomic mass is 32.2. The van der Waals surface area contributed by atoms with Gasteiger partial charge in [0.25, 0.3) is 0 Å². The second kappa shape index (κ2) is 11.8. The Hall–Kier alpha value is -4.08. The van der Waals surface area contributed by atoms with Crippen LogP contribution < -0.4 is 5.32 Å². The van der Waals surface area contributed by atoms with E-state index in [0.717, 1.165) is 11.5 Å². The van der Waals surface area contributed by atoms with Gasteiger partial charge < -0.3 is 5.32 Å². The molecule has 0 bridgehead atoms. The van der Waals surface area contributed by atoms with Crippen molar-refractivity contribution in [2.45, 2.75) is 23.1 Å². The average molecular weight is 499 g/mol. The SMILES string of the molecule is Cc1ccc(NC(=NCc2ccccc2)C(Sc2ccccc2)(c2ccccc2)c2ccccc2)cc1. The van der Waals surface area contributed by atoms with Crippen molar-refractivity contribution in [3.8, 4) is 0 Å². The van der Waals surface area contributed by atoms with Gasteiger partial charge in [-0.15, -0.1) is 11.8 Å². The Kier molecular flexibility index (Phi) is 7.83. The van der Waals surface area contributed by atoms with E-state index in [1.54, 1.807) is 0 Å². The lowest BCUT2D eigenvalue weighted by atomic mass is 9.88. The van der Waals surface area contributed by atoms with Crippen LogP contribution in [0.25, 0.3) is 0 Å². The van der Waals surface area contributed by atoms with E-state index in [0.29, 0.717) is 6.54 Å². The highest BCUT2D eigenvalue weighted by molar-refractivity contribution is 8.01. The Balaban J connectivity index is 1.74. The van der Waals surface area contributed by atoms with E-state index in [4.69, 9.17) is 4.99 Å². The molecule has 5 aromatic rings. The van der Waals surface area contributed by atoms with Gasteiger partial charge in [-0.1, -0.05) is 127 Å². The highest BCUT2D eigenvalue weighted by Crippen LogP contribution is 2.48. The molecule has 182 valence electrons. The van der Waals surface area contributed by atoms with Gasteiger partial charge in [-0.3, -0.25) is 4.99 Å². The number of nitrogens with zero attached hydrogens (tertiary/aromatic N) is 1. The number of hydrogen-bond acceptors (Lipinski definition) is 2. The number of benzene rings is 5. The third-order valence-corrected chi connectivity index (χ3v) is 7.76. The number of anilines is 1. The fourth-order valence-corrected chi connectivity index (χ4v) is 5.75. The smallest absolute Gasteiger partial charge is 0.128 e. The van der Waals surface area contributed by atoms with Gasteiger partial charge in [-0.2, -0.15) is 0 Å². The van der Waals surface area contributed by atoms with E-state index in [1.165, 1.54) is 27.1 Å². The second-order valence-electron chi connectivity index (χ2n) is 8.97. The molecule has 0 aliphatic heterocycles. The number of aryl methyl sites for hydroxylation is 1. The molecule has 5 aromatic carbocycles. The molecule has 5 rings (SSSR count). The molecule has 0 atom stereocenters. The molecule has 2 nitrogen and oxygen atoms in total. The van der Waals surface area contributed by atoms with Gasteiger partial charge >= 0.3 is 0 Å². The number of nitrogens with one attached hydrogen (secondary N) is 1. The summed E-state index contributed by atoms with van der Waals surface area (Å²) < 4.78 is -0.608. The van der Waals surface area contributed by atoms with E-state index in [2.05, 4.69) is 152 Å². The minimum atomic E-state index is -0.608. The largest absolute Gasteiger partial charge is 0.342 e. The maximum absolute atomic E-state index is 5.32. The van der Waals surface area contributed by atoms with Crippen molar-refractivity contribution in [2.24, 2.45) is 4.99 Å². The fraction of sp³-hybridized carbons (Fsp3) is 0.0882. The Morgan fingerprint density at radius 1 is 0.622 bits per heavy atom. The maximum atomic E-state index is 5.32. The standard InChI is InChI=1S/C34H30N2S/c1-27-22-24-31(25-23-27)36-33(35-26-28-14-6-2-7-15-28)34(29-16-8-3-9-17-29,30-18-10-4-11-19-30)37-32-20-12-5-13-21-32/h2-25H,26H2,1H3,(H,35,36). The van der Waals surface area contributed by atoms with Crippen LogP contribution in [0.2, 0.25) is 0 Å². The van der Waals surface area contributed by atoms with Gasteiger partial charge in [0.1, 0.15) is 10.6 Å². The normalized spacial score (nSPS) is 11.8. The molecule has 0 fully saturated rings. The van der Waals surface area contributed by atoms with Crippen molar-refractivity contribution >= 4 is 23.3 Å². The lowest BCUT2D eigenvalue weighted by Crippen LogP contribution is -2.39. The summed E-state index contributed by atoms with van der Waals surface area (Å²) in [5.41, 5.74) is 5.75. The molecular formula is C34H30N2S. The van der Waals surface area contributed by atoms with Gasteiger partial charge in [0.15, 0.2) is 0 Å². The van der Waals surface area contributed by atoms with Crippen LogP contribution in [0, 0.1) is 6.92 Å². The Bertz CT molecular complexity index is 1380. The Morgan fingerprint density at radius 2 is 1.11 bits per heavy atom. The molecule has 0 heterocycles. The molecule has 0 aromatic heterocycles. The van der Waals surface area contributed by atoms with Crippen LogP contribution >= 0.6 is 11.8 Å². The van der Waals surface area contributed by atoms with Gasteiger partial charge in [0, 0.05) is 10.6 Å². The van der Waals surface area contributed by atoms with Crippen LogP contribution in [0.15, 0.2) is 155 Å². The molecule has 0 spiro atoms. The molecule has 1 N–H and O–H groups in total. The third-order valence-electron chi connectivity index (χ3n) is 6.29. The first-order chi connectivity index (χ1) is 18.2. The minimum absolute atomic E-state index is 0.575. The van der Waals surface area contributed by atoms with E-state index >= 15 is 0 Å². The van der Waals surface area contributed by atoms with Gasteiger partial charge in [-0.05, 0) is 47.9 Å². The number of hydrogen-bond donors (Lipinski definition) is 1. The van der Waals surface area contributed by atoms with E-state index in [-0.39, 0.29) is 0 Å². The van der Waals surface area contributed by atoms with Crippen LogP contribution in [-0.4, -0.2) is 5.84 Å². The molecule has 0 aliphatic carbocycles. The lowest BCUT2D eigenvalue weighted by molar-refractivity contribution is 0.948. The minimum Gasteiger partial charge on any atom is -0.342 e. The summed E-state index contributed by atoms with van der Waals surface area (Å²) in [4.78, 5) is 6.49. The predicted octanol–water partition coefficient (Wildman–Crippen LogP) is 8.74. The maximum Gasteiger partial charge on any atom is 0.128 e. The van der Waals surface area contributed by atoms with Crippen molar-refractivity contribution in [2.75, 3.05) is 5.32 Å². The molecule has 0 saturated carbocycles. The van der Waals surface area contributed by atoms with Crippen LogP contribution in [0.1, 0.15) is 22.3 Å². The van der Waals surface area contributed by atoms with E-state index in [9.17, 15) is 0 Å². The molecule has 3 heteroatoms. The summed E-state index contributed by atoms with van der Waals surface area (Å²) in [6.45, 7) is 2.68. The predicted molar refractivity (Wildman–Crippen MR) is 158 cm³/mol. The van der Waals surface area contributed by atoms with Crippen LogP contribution in [-0.2, 0) is 11.3 Å². The van der Waals surface area contributed by atoms with Gasteiger partial charge in [0.05, 0.1) is 6.54 Å². The third kappa shape index (κ3) is 5.84. The lowest BCUT2D eigenvalue weighted by Gasteiger charge is -2.36. The molecule has 37 heavy (non-hydrogen) atoms. The second-order valence-corrected chi connectivity index (χ2v) is 10.3. The fourth-order valence-electron chi connectivity index (χ4n) is 4.38. The molecule has 0 aliphatic rings. The first-order valence-electron chi connectivity index (χ1n) is 12.5. The summed E-state index contributed by atoms with van der Waals surface area (Å²) in [6.07, 6.45) is 0. The van der Waals surface area contributed by atoms with E-state index < -0.39 is 4.75 Å². The molecule has 0 amide bonds. The first kappa shape index (κ1) is 24.6. The zero-order chi connectivity index (χ0) is 25.3. The van der Waals surface area contributed by atoms with Crippen LogP contribution in [0.3, 0.4) is 0 Å². The van der Waals surface area contributed by atoms with Crippen LogP contribution in [0.4, 0.5) is 5.69 Å². The van der Waals surface area contributed by atoms with Gasteiger partial charge in [0.2, 0.25) is 0 Å². The zero-order valence-corrected chi connectivity index (χ0v) is 21.7. The van der Waals surface area contributed by atoms with Gasteiger partial charge in [-0.25, -0.2) is 0 Å². The number of rotatable bonds is 8. The molecule has 0 unspecified atom stereocenters. The first-order valence-corrected chi connectivity index (χ1v) is 13.3. The molecular weight excluding hydrogens is 468 g/mol. The number of aliphatic imine (C=N–C) groups is 1. The Morgan fingerprint density at radius 3 is 1.65 bits per heavy atom. The van der Waals surface area contributed by atoms with Crippen LogP contribution in [0.5, 0.6) is 0 Å². The van der Waals surface area contributed by atoms with Crippen molar-refractivity contribution in [3.05, 3.63) is 168 Å². The quantitative estimate of drug-likeness (QED) is 0.131. The monoisotopic (exact) mass is 498 g/mol. The zero-order valence-electron chi connectivity index (χ0n) is 20.9. The van der Waals surface area contributed by atoms with Crippen molar-refractivity contribution in [3.63, 3.8) is 0 Å².